The highest BCUT2D eigenvalue weighted by Gasteiger charge is 2.30. The van der Waals surface area contributed by atoms with Gasteiger partial charge in [0.1, 0.15) is 11.9 Å². The number of fused-ring (bicyclic) bond motifs is 1. The predicted octanol–water partition coefficient (Wildman–Crippen LogP) is 2.65. The molecule has 1 aromatic heterocycles. The van der Waals surface area contributed by atoms with Crippen LogP contribution in [0, 0.1) is 0 Å². The summed E-state index contributed by atoms with van der Waals surface area (Å²) in [5, 5.41) is 13.3. The molecule has 1 amide bonds. The van der Waals surface area contributed by atoms with Crippen LogP contribution in [0.2, 0.25) is 0 Å². The Morgan fingerprint density at radius 3 is 2.93 bits per heavy atom. The van der Waals surface area contributed by atoms with E-state index in [0.29, 0.717) is 11.6 Å². The molecular weight excluding hydrogens is 410 g/mol. The number of carbonyl (C=O) groups is 1. The van der Waals surface area contributed by atoms with Crippen molar-refractivity contribution in [2.24, 2.45) is 0 Å². The van der Waals surface area contributed by atoms with E-state index in [2.05, 4.69) is 25.6 Å². The summed E-state index contributed by atoms with van der Waals surface area (Å²) in [6.07, 6.45) is 2.01. The Balaban J connectivity index is 1.36. The van der Waals surface area contributed by atoms with E-state index in [1.807, 2.05) is 26.0 Å². The third-order valence-electron chi connectivity index (χ3n) is 5.07. The van der Waals surface area contributed by atoms with Crippen molar-refractivity contribution in [2.45, 2.75) is 57.7 Å². The van der Waals surface area contributed by atoms with Crippen molar-refractivity contribution in [1.29, 1.82) is 0 Å². The lowest BCUT2D eigenvalue weighted by molar-refractivity contribution is 0.0981. The molecule has 0 radical (unpaired) electrons. The van der Waals surface area contributed by atoms with Crippen molar-refractivity contribution >= 4 is 27.9 Å². The molecule has 10 nitrogen and oxygen atoms in total. The molecule has 1 fully saturated rings. The number of benzene rings is 1. The van der Waals surface area contributed by atoms with Gasteiger partial charge in [0.05, 0.1) is 0 Å². The molecule has 162 valence electrons. The summed E-state index contributed by atoms with van der Waals surface area (Å²) in [6.45, 7) is 3.96. The van der Waals surface area contributed by atoms with Gasteiger partial charge in [0.15, 0.2) is 5.82 Å². The standard InChI is InChI=1S/C19H25N5O5S/c1-11(2)21-19(25)28-15-5-3-12(8-15)16-9-18(24-23-16)22-14-4-6-17-13(7-14)10-20-30(26,27)29-17/h4,6-7,9,11-12,15,20H,3,5,8,10H2,1-2H3,(H,21,25)(H2,22,23,24)/t12-,15+/m0/s1. The molecule has 1 aliphatic heterocycles. The normalized spacial score (nSPS) is 22.2. The predicted molar refractivity (Wildman–Crippen MR) is 110 cm³/mol. The maximum atomic E-state index is 11.8. The molecule has 0 bridgehead atoms. The van der Waals surface area contributed by atoms with Crippen LogP contribution < -0.4 is 19.5 Å². The smallest absolute Gasteiger partial charge is 0.407 e. The zero-order valence-corrected chi connectivity index (χ0v) is 17.6. The second-order valence-corrected chi connectivity index (χ2v) is 9.21. The van der Waals surface area contributed by atoms with Gasteiger partial charge in [-0.3, -0.25) is 5.10 Å². The fourth-order valence-corrected chi connectivity index (χ4v) is 4.49. The van der Waals surface area contributed by atoms with Gasteiger partial charge >= 0.3 is 16.4 Å². The SMILES string of the molecule is CC(C)NC(=O)O[C@@H]1CC[C@H](c2cc(Nc3ccc4c(c3)CNS(=O)(=O)O4)n[nH]2)C1. The number of aromatic amines is 1. The van der Waals surface area contributed by atoms with E-state index < -0.39 is 10.3 Å². The van der Waals surface area contributed by atoms with Crippen LogP contribution in [0.5, 0.6) is 5.75 Å². The Kier molecular flexibility index (Phi) is 5.56. The molecule has 2 atom stereocenters. The first-order chi connectivity index (χ1) is 14.3. The lowest BCUT2D eigenvalue weighted by atomic mass is 10.0. The third kappa shape index (κ3) is 4.85. The summed E-state index contributed by atoms with van der Waals surface area (Å²) in [6, 6.07) is 7.16. The van der Waals surface area contributed by atoms with Crippen LogP contribution in [0.15, 0.2) is 24.3 Å². The van der Waals surface area contributed by atoms with Crippen molar-refractivity contribution in [1.82, 2.24) is 20.2 Å². The molecule has 1 aromatic carbocycles. The molecule has 30 heavy (non-hydrogen) atoms. The van der Waals surface area contributed by atoms with Crippen LogP contribution in [-0.2, 0) is 21.6 Å². The van der Waals surface area contributed by atoms with E-state index in [0.717, 1.165) is 36.2 Å². The Morgan fingerprint density at radius 1 is 1.30 bits per heavy atom. The number of nitrogens with zero attached hydrogens (tertiary/aromatic N) is 1. The molecule has 4 N–H and O–H groups in total. The number of aromatic nitrogens is 2. The monoisotopic (exact) mass is 435 g/mol. The van der Waals surface area contributed by atoms with E-state index in [4.69, 9.17) is 8.92 Å². The Hall–Kier alpha value is -2.79. The first-order valence-electron chi connectivity index (χ1n) is 9.89. The molecule has 1 saturated carbocycles. The summed E-state index contributed by atoms with van der Waals surface area (Å²) in [7, 11) is -3.72. The minimum absolute atomic E-state index is 0.0475. The molecule has 2 aliphatic rings. The van der Waals surface area contributed by atoms with Crippen LogP contribution in [0.1, 0.15) is 50.3 Å². The maximum absolute atomic E-state index is 11.8. The largest absolute Gasteiger partial charge is 0.446 e. The minimum Gasteiger partial charge on any atom is -0.446 e. The van der Waals surface area contributed by atoms with Crippen LogP contribution in [0.3, 0.4) is 0 Å². The van der Waals surface area contributed by atoms with Gasteiger partial charge in [0.2, 0.25) is 0 Å². The van der Waals surface area contributed by atoms with Gasteiger partial charge in [0, 0.05) is 41.5 Å². The van der Waals surface area contributed by atoms with Gasteiger partial charge in [-0.15, -0.1) is 0 Å². The molecular formula is C19H25N5O5S. The highest BCUT2D eigenvalue weighted by Crippen LogP contribution is 2.36. The van der Waals surface area contributed by atoms with Crippen LogP contribution in [-0.4, -0.2) is 36.9 Å². The van der Waals surface area contributed by atoms with Crippen LogP contribution in [0.4, 0.5) is 16.3 Å². The summed E-state index contributed by atoms with van der Waals surface area (Å²) in [4.78, 5) is 11.8. The van der Waals surface area contributed by atoms with Gasteiger partial charge in [0.25, 0.3) is 0 Å². The zero-order valence-electron chi connectivity index (χ0n) is 16.8. The van der Waals surface area contributed by atoms with E-state index in [1.54, 1.807) is 12.1 Å². The van der Waals surface area contributed by atoms with Crippen molar-refractivity contribution in [3.63, 3.8) is 0 Å². The number of alkyl carbamates (subject to hydrolysis) is 1. The molecule has 1 aliphatic carbocycles. The topological polar surface area (TPSA) is 134 Å². The quantitative estimate of drug-likeness (QED) is 0.567. The van der Waals surface area contributed by atoms with E-state index in [-0.39, 0.29) is 30.7 Å². The number of nitrogens with one attached hydrogen (secondary N) is 4. The first-order valence-corrected chi connectivity index (χ1v) is 11.3. The second kappa shape index (κ2) is 8.15. The van der Waals surface area contributed by atoms with Gasteiger partial charge < -0.3 is 19.6 Å². The van der Waals surface area contributed by atoms with Gasteiger partial charge in [-0.2, -0.15) is 18.2 Å². The number of ether oxygens (including phenoxy) is 1. The molecule has 11 heteroatoms. The number of rotatable bonds is 5. The fourth-order valence-electron chi connectivity index (χ4n) is 3.70. The van der Waals surface area contributed by atoms with Gasteiger partial charge in [-0.25, -0.2) is 4.79 Å². The van der Waals surface area contributed by atoms with Gasteiger partial charge in [-0.1, -0.05) is 0 Å². The number of anilines is 2. The number of carbonyl (C=O) groups excluding carboxylic acids is 1. The van der Waals surface area contributed by atoms with Crippen molar-refractivity contribution in [3.05, 3.63) is 35.5 Å². The third-order valence-corrected chi connectivity index (χ3v) is 5.97. The summed E-state index contributed by atoms with van der Waals surface area (Å²) in [5.41, 5.74) is 2.50. The lowest BCUT2D eigenvalue weighted by Gasteiger charge is -2.18. The van der Waals surface area contributed by atoms with Gasteiger partial charge in [-0.05, 0) is 51.3 Å². The Morgan fingerprint density at radius 2 is 2.13 bits per heavy atom. The molecule has 2 heterocycles. The summed E-state index contributed by atoms with van der Waals surface area (Å²) < 4.78 is 35.6. The lowest BCUT2D eigenvalue weighted by Crippen LogP contribution is -2.33. The fraction of sp³-hybridized carbons (Fsp3) is 0.474. The molecule has 2 aromatic rings. The number of H-pyrrole nitrogens is 1. The van der Waals surface area contributed by atoms with Crippen molar-refractivity contribution in [3.8, 4) is 5.75 Å². The summed E-state index contributed by atoms with van der Waals surface area (Å²) in [5.74, 6) is 1.22. The highest BCUT2D eigenvalue weighted by molar-refractivity contribution is 7.85. The van der Waals surface area contributed by atoms with Crippen molar-refractivity contribution in [2.75, 3.05) is 5.32 Å². The Labute approximate surface area is 175 Å². The average Bonchev–Trinajstić information content (AvgIpc) is 3.30. The van der Waals surface area contributed by atoms with Crippen LogP contribution >= 0.6 is 0 Å². The number of amides is 1. The minimum atomic E-state index is -3.72. The molecule has 4 rings (SSSR count). The molecule has 0 unspecified atom stereocenters. The summed E-state index contributed by atoms with van der Waals surface area (Å²) >= 11 is 0. The van der Waals surface area contributed by atoms with Crippen molar-refractivity contribution < 1.29 is 22.1 Å². The number of hydrogen-bond acceptors (Lipinski definition) is 7. The highest BCUT2D eigenvalue weighted by atomic mass is 32.2. The number of hydrogen-bond donors (Lipinski definition) is 4. The molecule has 0 saturated heterocycles. The van der Waals surface area contributed by atoms with E-state index in [9.17, 15) is 13.2 Å². The Bertz CT molecular complexity index is 1040. The molecule has 0 spiro atoms. The van der Waals surface area contributed by atoms with Crippen LogP contribution in [0.25, 0.3) is 0 Å². The first kappa shape index (κ1) is 20.5. The zero-order chi connectivity index (χ0) is 21.3. The van der Waals surface area contributed by atoms with E-state index in [1.165, 1.54) is 0 Å². The second-order valence-electron chi connectivity index (χ2n) is 7.85. The van der Waals surface area contributed by atoms with E-state index >= 15 is 0 Å². The average molecular weight is 436 g/mol. The maximum Gasteiger partial charge on any atom is 0.407 e.